The minimum absolute atomic E-state index is 0.111. The van der Waals surface area contributed by atoms with Crippen LogP contribution in [0.1, 0.15) is 5.89 Å². The highest BCUT2D eigenvalue weighted by Crippen LogP contribution is 2.19. The molecule has 8 heteroatoms. The van der Waals surface area contributed by atoms with Crippen molar-refractivity contribution in [2.45, 2.75) is 6.54 Å². The van der Waals surface area contributed by atoms with E-state index in [2.05, 4.69) is 25.8 Å². The molecule has 2 aromatic heterocycles. The van der Waals surface area contributed by atoms with Gasteiger partial charge < -0.3 is 15.2 Å². The summed E-state index contributed by atoms with van der Waals surface area (Å²) in [6.45, 7) is 0.111. The van der Waals surface area contributed by atoms with Crippen LogP contribution in [0.4, 0.5) is 10.5 Å². The number of nitrogens with zero attached hydrogens (tertiary/aromatic N) is 3. The van der Waals surface area contributed by atoms with E-state index in [1.165, 1.54) is 0 Å². The molecular formula is C15H12ClN5O2. The van der Waals surface area contributed by atoms with Crippen molar-refractivity contribution < 1.29 is 9.32 Å². The maximum absolute atomic E-state index is 11.7. The van der Waals surface area contributed by atoms with Crippen LogP contribution >= 0.6 is 11.6 Å². The molecule has 2 N–H and O–H groups in total. The normalized spacial score (nSPS) is 10.3. The van der Waals surface area contributed by atoms with Crippen molar-refractivity contribution in [1.82, 2.24) is 20.4 Å². The number of hydrogen-bond donors (Lipinski definition) is 2. The van der Waals surface area contributed by atoms with Gasteiger partial charge in [-0.1, -0.05) is 28.9 Å². The predicted molar refractivity (Wildman–Crippen MR) is 84.8 cm³/mol. The monoisotopic (exact) mass is 329 g/mol. The maximum Gasteiger partial charge on any atom is 0.319 e. The third-order valence-corrected chi connectivity index (χ3v) is 3.11. The fraction of sp³-hybridized carbons (Fsp3) is 0.0667. The van der Waals surface area contributed by atoms with Gasteiger partial charge in [-0.2, -0.15) is 4.98 Å². The molecule has 23 heavy (non-hydrogen) atoms. The number of rotatable bonds is 4. The molecule has 0 saturated heterocycles. The first kappa shape index (κ1) is 15.0. The van der Waals surface area contributed by atoms with Crippen LogP contribution in [-0.4, -0.2) is 21.2 Å². The summed E-state index contributed by atoms with van der Waals surface area (Å²) in [5.74, 6) is 0.707. The van der Waals surface area contributed by atoms with Gasteiger partial charge in [-0.05, 0) is 24.3 Å². The summed E-state index contributed by atoms with van der Waals surface area (Å²) in [4.78, 5) is 19.9. The molecule has 3 aromatic rings. The van der Waals surface area contributed by atoms with Gasteiger partial charge in [0.15, 0.2) is 0 Å². The average Bonchev–Trinajstić information content (AvgIpc) is 3.03. The standard InChI is InChI=1S/C15H12ClN5O2/c16-11-4-1-3-10(7-11)14-20-13(23-21-14)9-18-15(22)19-12-5-2-6-17-8-12/h1-8H,9H2,(H2,18,19,22). The SMILES string of the molecule is O=C(NCc1nc(-c2cccc(Cl)c2)no1)Nc1cccnc1. The van der Waals surface area contributed by atoms with E-state index in [0.29, 0.717) is 22.4 Å². The highest BCUT2D eigenvalue weighted by atomic mass is 35.5. The van der Waals surface area contributed by atoms with E-state index in [1.807, 2.05) is 6.07 Å². The molecule has 116 valence electrons. The van der Waals surface area contributed by atoms with Crippen molar-refractivity contribution in [2.75, 3.05) is 5.32 Å². The Balaban J connectivity index is 1.58. The van der Waals surface area contributed by atoms with Crippen LogP contribution < -0.4 is 10.6 Å². The summed E-state index contributed by atoms with van der Waals surface area (Å²) in [5.41, 5.74) is 1.34. The molecule has 0 aliphatic carbocycles. The smallest absolute Gasteiger partial charge is 0.319 e. The number of aromatic nitrogens is 3. The van der Waals surface area contributed by atoms with Crippen LogP contribution in [0.3, 0.4) is 0 Å². The van der Waals surface area contributed by atoms with Crippen LogP contribution in [0.2, 0.25) is 5.02 Å². The van der Waals surface area contributed by atoms with Crippen molar-refractivity contribution in [2.24, 2.45) is 0 Å². The van der Waals surface area contributed by atoms with Gasteiger partial charge in [0.25, 0.3) is 0 Å². The van der Waals surface area contributed by atoms with E-state index >= 15 is 0 Å². The van der Waals surface area contributed by atoms with Crippen LogP contribution in [0, 0.1) is 0 Å². The Kier molecular flexibility index (Phi) is 4.49. The summed E-state index contributed by atoms with van der Waals surface area (Å²) in [6, 6.07) is 10.2. The predicted octanol–water partition coefficient (Wildman–Crippen LogP) is 3.11. The number of carbonyl (C=O) groups is 1. The van der Waals surface area contributed by atoms with Crippen LogP contribution in [-0.2, 0) is 6.54 Å². The zero-order valence-electron chi connectivity index (χ0n) is 11.9. The molecule has 2 heterocycles. The lowest BCUT2D eigenvalue weighted by Gasteiger charge is -2.04. The molecule has 2 amide bonds. The van der Waals surface area contributed by atoms with Gasteiger partial charge >= 0.3 is 6.03 Å². The number of nitrogens with one attached hydrogen (secondary N) is 2. The van der Waals surface area contributed by atoms with Crippen LogP contribution in [0.15, 0.2) is 53.3 Å². The first-order valence-electron chi connectivity index (χ1n) is 6.74. The first-order valence-corrected chi connectivity index (χ1v) is 7.12. The van der Waals surface area contributed by atoms with Gasteiger partial charge in [0, 0.05) is 16.8 Å². The van der Waals surface area contributed by atoms with Crippen molar-refractivity contribution in [3.05, 3.63) is 59.7 Å². The molecule has 7 nitrogen and oxygen atoms in total. The summed E-state index contributed by atoms with van der Waals surface area (Å²) in [6.07, 6.45) is 3.17. The lowest BCUT2D eigenvalue weighted by Crippen LogP contribution is -2.28. The Hall–Kier alpha value is -2.93. The topological polar surface area (TPSA) is 92.9 Å². The van der Waals surface area contributed by atoms with Crippen molar-refractivity contribution in [3.8, 4) is 11.4 Å². The van der Waals surface area contributed by atoms with Gasteiger partial charge in [-0.25, -0.2) is 4.79 Å². The summed E-state index contributed by atoms with van der Waals surface area (Å²) in [5, 5.41) is 9.71. The van der Waals surface area contributed by atoms with Crippen molar-refractivity contribution >= 4 is 23.3 Å². The third kappa shape index (κ3) is 4.04. The molecule has 0 radical (unpaired) electrons. The molecule has 0 aliphatic rings. The maximum atomic E-state index is 11.7. The fourth-order valence-corrected chi connectivity index (χ4v) is 2.03. The minimum atomic E-state index is -0.388. The van der Waals surface area contributed by atoms with Crippen LogP contribution in [0.25, 0.3) is 11.4 Å². The van der Waals surface area contributed by atoms with Crippen LogP contribution in [0.5, 0.6) is 0 Å². The highest BCUT2D eigenvalue weighted by molar-refractivity contribution is 6.30. The molecule has 1 aromatic carbocycles. The lowest BCUT2D eigenvalue weighted by atomic mass is 10.2. The minimum Gasteiger partial charge on any atom is -0.337 e. The second-order valence-electron chi connectivity index (χ2n) is 4.57. The number of benzene rings is 1. The lowest BCUT2D eigenvalue weighted by molar-refractivity contribution is 0.249. The van der Waals surface area contributed by atoms with Gasteiger partial charge in [0.05, 0.1) is 18.4 Å². The quantitative estimate of drug-likeness (QED) is 0.767. The molecule has 3 rings (SSSR count). The molecule has 0 saturated carbocycles. The molecule has 0 unspecified atom stereocenters. The number of amides is 2. The Labute approximate surface area is 136 Å². The van der Waals surface area contributed by atoms with E-state index in [9.17, 15) is 4.79 Å². The van der Waals surface area contributed by atoms with Crippen molar-refractivity contribution in [1.29, 1.82) is 0 Å². The average molecular weight is 330 g/mol. The number of pyridine rings is 1. The number of halogens is 1. The third-order valence-electron chi connectivity index (χ3n) is 2.87. The first-order chi connectivity index (χ1) is 11.2. The van der Waals surface area contributed by atoms with E-state index < -0.39 is 0 Å². The molecule has 0 bridgehead atoms. The zero-order valence-corrected chi connectivity index (χ0v) is 12.6. The molecular weight excluding hydrogens is 318 g/mol. The molecule has 0 aliphatic heterocycles. The largest absolute Gasteiger partial charge is 0.337 e. The second kappa shape index (κ2) is 6.89. The second-order valence-corrected chi connectivity index (χ2v) is 5.01. The fourth-order valence-electron chi connectivity index (χ4n) is 1.84. The molecule has 0 atom stereocenters. The zero-order chi connectivity index (χ0) is 16.1. The highest BCUT2D eigenvalue weighted by Gasteiger charge is 2.10. The summed E-state index contributed by atoms with van der Waals surface area (Å²) in [7, 11) is 0. The van der Waals surface area contributed by atoms with E-state index in [1.54, 1.807) is 42.7 Å². The molecule has 0 spiro atoms. The Bertz CT molecular complexity index is 806. The van der Waals surface area contributed by atoms with E-state index in [-0.39, 0.29) is 12.6 Å². The Morgan fingerprint density at radius 1 is 1.26 bits per heavy atom. The van der Waals surface area contributed by atoms with Gasteiger partial charge in [0.1, 0.15) is 0 Å². The summed E-state index contributed by atoms with van der Waals surface area (Å²) >= 11 is 5.92. The summed E-state index contributed by atoms with van der Waals surface area (Å²) < 4.78 is 5.10. The van der Waals surface area contributed by atoms with E-state index in [0.717, 1.165) is 5.56 Å². The number of hydrogen-bond acceptors (Lipinski definition) is 5. The Morgan fingerprint density at radius 3 is 2.96 bits per heavy atom. The van der Waals surface area contributed by atoms with E-state index in [4.69, 9.17) is 16.1 Å². The van der Waals surface area contributed by atoms with Crippen molar-refractivity contribution in [3.63, 3.8) is 0 Å². The number of anilines is 1. The van der Waals surface area contributed by atoms with Gasteiger partial charge in [0.2, 0.25) is 11.7 Å². The number of urea groups is 1. The van der Waals surface area contributed by atoms with Gasteiger partial charge in [-0.3, -0.25) is 4.98 Å². The molecule has 0 fully saturated rings. The number of carbonyl (C=O) groups excluding carboxylic acids is 1. The van der Waals surface area contributed by atoms with Gasteiger partial charge in [-0.15, -0.1) is 0 Å². The Morgan fingerprint density at radius 2 is 2.17 bits per heavy atom.